The van der Waals surface area contributed by atoms with Crippen LogP contribution in [0, 0.1) is 12.7 Å². The summed E-state index contributed by atoms with van der Waals surface area (Å²) in [5.74, 6) is -0.487. The van der Waals surface area contributed by atoms with E-state index in [4.69, 9.17) is 0 Å². The molecule has 0 radical (unpaired) electrons. The van der Waals surface area contributed by atoms with E-state index < -0.39 is 0 Å². The molecule has 0 aromatic heterocycles. The summed E-state index contributed by atoms with van der Waals surface area (Å²) in [4.78, 5) is 12.1. The number of hydrogen-bond acceptors (Lipinski definition) is 1. The van der Waals surface area contributed by atoms with Crippen molar-refractivity contribution in [1.29, 1.82) is 0 Å². The Morgan fingerprint density at radius 1 is 1.00 bits per heavy atom. The van der Waals surface area contributed by atoms with Gasteiger partial charge in [0.2, 0.25) is 0 Å². The average Bonchev–Trinajstić information content (AvgIpc) is 2.33. The lowest BCUT2D eigenvalue weighted by molar-refractivity contribution is 0.103. The van der Waals surface area contributed by atoms with Gasteiger partial charge in [0.1, 0.15) is 5.82 Å². The molecule has 0 atom stereocenters. The fraction of sp³-hybridized carbons (Fsp3) is 0.0714. The lowest BCUT2D eigenvalue weighted by Gasteiger charge is -2.05. The van der Waals surface area contributed by atoms with E-state index >= 15 is 0 Å². The summed E-state index contributed by atoms with van der Waals surface area (Å²) in [5.41, 5.74) is 1.40. The molecule has 0 aliphatic carbocycles. The van der Waals surface area contributed by atoms with Crippen LogP contribution in [0.1, 0.15) is 21.5 Å². The van der Waals surface area contributed by atoms with Crippen molar-refractivity contribution in [3.63, 3.8) is 0 Å². The van der Waals surface area contributed by atoms with Crippen LogP contribution in [-0.2, 0) is 0 Å². The van der Waals surface area contributed by atoms with Crippen molar-refractivity contribution >= 4 is 5.78 Å². The van der Waals surface area contributed by atoms with Crippen LogP contribution in [0.15, 0.2) is 48.5 Å². The number of rotatable bonds is 2. The van der Waals surface area contributed by atoms with Crippen LogP contribution < -0.4 is 0 Å². The van der Waals surface area contributed by atoms with Crippen molar-refractivity contribution in [1.82, 2.24) is 0 Å². The topological polar surface area (TPSA) is 17.1 Å². The predicted octanol–water partition coefficient (Wildman–Crippen LogP) is 3.37. The molecule has 0 unspecified atom stereocenters. The van der Waals surface area contributed by atoms with E-state index in [0.29, 0.717) is 16.7 Å². The Kier molecular flexibility index (Phi) is 2.82. The van der Waals surface area contributed by atoms with Gasteiger partial charge in [-0.15, -0.1) is 0 Å². The number of carbonyl (C=O) groups is 1. The molecule has 80 valence electrons. The number of halogens is 1. The number of carbonyl (C=O) groups excluding carboxylic acids is 1. The highest BCUT2D eigenvalue weighted by atomic mass is 19.1. The molecule has 16 heavy (non-hydrogen) atoms. The zero-order chi connectivity index (χ0) is 11.5. The molecule has 0 N–H and O–H groups in total. The maximum atomic E-state index is 13.3. The second-order valence-corrected chi connectivity index (χ2v) is 3.61. The van der Waals surface area contributed by atoms with Crippen LogP contribution in [-0.4, -0.2) is 5.78 Å². The molecule has 0 fully saturated rings. The second-order valence-electron chi connectivity index (χ2n) is 3.61. The summed E-state index contributed by atoms with van der Waals surface area (Å²) >= 11 is 0. The SMILES string of the molecule is Cc1c(F)cccc1C(=O)c1ccccc1. The van der Waals surface area contributed by atoms with E-state index in [1.807, 2.05) is 6.07 Å². The van der Waals surface area contributed by atoms with E-state index in [2.05, 4.69) is 0 Å². The fourth-order valence-corrected chi connectivity index (χ4v) is 1.60. The van der Waals surface area contributed by atoms with Crippen LogP contribution in [0.4, 0.5) is 4.39 Å². The van der Waals surface area contributed by atoms with Gasteiger partial charge in [0.05, 0.1) is 0 Å². The van der Waals surface area contributed by atoms with E-state index in [1.54, 1.807) is 43.3 Å². The molecule has 2 rings (SSSR count). The molecule has 0 saturated heterocycles. The molecule has 0 saturated carbocycles. The Bertz CT molecular complexity index is 518. The molecule has 0 spiro atoms. The molecule has 0 aliphatic heterocycles. The number of hydrogen-bond donors (Lipinski definition) is 0. The minimum Gasteiger partial charge on any atom is -0.289 e. The molecular formula is C14H11FO. The standard InChI is InChI=1S/C14H11FO/c1-10-12(8-5-9-13(10)15)14(16)11-6-3-2-4-7-11/h2-9H,1H3. The van der Waals surface area contributed by atoms with Crippen LogP contribution in [0.3, 0.4) is 0 Å². The van der Waals surface area contributed by atoms with Gasteiger partial charge in [-0.3, -0.25) is 4.79 Å². The van der Waals surface area contributed by atoms with E-state index in [-0.39, 0.29) is 11.6 Å². The average molecular weight is 214 g/mol. The third kappa shape index (κ3) is 1.87. The molecule has 0 heterocycles. The first-order chi connectivity index (χ1) is 7.70. The summed E-state index contributed by atoms with van der Waals surface area (Å²) in [5, 5.41) is 0. The van der Waals surface area contributed by atoms with Crippen LogP contribution in [0.25, 0.3) is 0 Å². The van der Waals surface area contributed by atoms with Crippen molar-refractivity contribution < 1.29 is 9.18 Å². The maximum absolute atomic E-state index is 13.3. The Hall–Kier alpha value is -1.96. The van der Waals surface area contributed by atoms with Gasteiger partial charge in [0.25, 0.3) is 0 Å². The van der Waals surface area contributed by atoms with Gasteiger partial charge in [-0.25, -0.2) is 4.39 Å². The fourth-order valence-electron chi connectivity index (χ4n) is 1.60. The minimum absolute atomic E-state index is 0.141. The normalized spacial score (nSPS) is 10.1. The lowest BCUT2D eigenvalue weighted by Crippen LogP contribution is -2.04. The Balaban J connectivity index is 2.46. The van der Waals surface area contributed by atoms with Gasteiger partial charge >= 0.3 is 0 Å². The monoisotopic (exact) mass is 214 g/mol. The second kappa shape index (κ2) is 4.27. The number of ketones is 1. The smallest absolute Gasteiger partial charge is 0.193 e. The van der Waals surface area contributed by atoms with Crippen molar-refractivity contribution in [3.05, 3.63) is 71.0 Å². The van der Waals surface area contributed by atoms with Crippen molar-refractivity contribution in [3.8, 4) is 0 Å². The zero-order valence-electron chi connectivity index (χ0n) is 8.91. The molecule has 2 aromatic carbocycles. The van der Waals surface area contributed by atoms with E-state index in [1.165, 1.54) is 6.07 Å². The number of benzene rings is 2. The van der Waals surface area contributed by atoms with Crippen molar-refractivity contribution in [2.75, 3.05) is 0 Å². The van der Waals surface area contributed by atoms with Gasteiger partial charge in [-0.2, -0.15) is 0 Å². The Labute approximate surface area is 93.5 Å². The third-order valence-corrected chi connectivity index (χ3v) is 2.55. The van der Waals surface area contributed by atoms with E-state index in [9.17, 15) is 9.18 Å². The summed E-state index contributed by atoms with van der Waals surface area (Å²) in [6.07, 6.45) is 0. The quantitative estimate of drug-likeness (QED) is 0.700. The first-order valence-corrected chi connectivity index (χ1v) is 5.05. The van der Waals surface area contributed by atoms with Gasteiger partial charge in [0.15, 0.2) is 5.78 Å². The van der Waals surface area contributed by atoms with Gasteiger partial charge in [-0.1, -0.05) is 42.5 Å². The first-order valence-electron chi connectivity index (χ1n) is 5.05. The minimum atomic E-state index is -0.346. The molecule has 0 aliphatic rings. The maximum Gasteiger partial charge on any atom is 0.193 e. The first kappa shape index (κ1) is 10.6. The highest BCUT2D eigenvalue weighted by Crippen LogP contribution is 2.16. The predicted molar refractivity (Wildman–Crippen MR) is 61.0 cm³/mol. The summed E-state index contributed by atoms with van der Waals surface area (Å²) in [6, 6.07) is 13.4. The summed E-state index contributed by atoms with van der Waals surface area (Å²) in [6.45, 7) is 1.62. The molecule has 0 bridgehead atoms. The van der Waals surface area contributed by atoms with Gasteiger partial charge in [0, 0.05) is 11.1 Å². The van der Waals surface area contributed by atoms with Gasteiger partial charge in [-0.05, 0) is 18.6 Å². The largest absolute Gasteiger partial charge is 0.289 e. The van der Waals surface area contributed by atoms with Crippen LogP contribution in [0.5, 0.6) is 0 Å². The van der Waals surface area contributed by atoms with Crippen LogP contribution in [0.2, 0.25) is 0 Å². The van der Waals surface area contributed by atoms with Crippen LogP contribution >= 0.6 is 0 Å². The molecule has 2 heteroatoms. The van der Waals surface area contributed by atoms with Gasteiger partial charge < -0.3 is 0 Å². The molecule has 0 amide bonds. The molecular weight excluding hydrogens is 203 g/mol. The highest BCUT2D eigenvalue weighted by Gasteiger charge is 2.12. The summed E-state index contributed by atoms with van der Waals surface area (Å²) in [7, 11) is 0. The molecule has 2 aromatic rings. The molecule has 1 nitrogen and oxygen atoms in total. The third-order valence-electron chi connectivity index (χ3n) is 2.55. The Morgan fingerprint density at radius 3 is 2.38 bits per heavy atom. The Morgan fingerprint density at radius 2 is 1.69 bits per heavy atom. The lowest BCUT2D eigenvalue weighted by atomic mass is 9.99. The van der Waals surface area contributed by atoms with E-state index in [0.717, 1.165) is 0 Å². The summed E-state index contributed by atoms with van der Waals surface area (Å²) < 4.78 is 13.3. The van der Waals surface area contributed by atoms with Crippen molar-refractivity contribution in [2.24, 2.45) is 0 Å². The highest BCUT2D eigenvalue weighted by molar-refractivity contribution is 6.09. The van der Waals surface area contributed by atoms with Crippen molar-refractivity contribution in [2.45, 2.75) is 6.92 Å². The zero-order valence-corrected chi connectivity index (χ0v) is 8.91.